The van der Waals surface area contributed by atoms with Gasteiger partial charge in [-0.3, -0.25) is 14.5 Å². The lowest BCUT2D eigenvalue weighted by Gasteiger charge is -2.23. The van der Waals surface area contributed by atoms with Crippen LogP contribution in [0.4, 0.5) is 5.69 Å². The summed E-state index contributed by atoms with van der Waals surface area (Å²) in [7, 11) is 0. The zero-order chi connectivity index (χ0) is 19.7. The van der Waals surface area contributed by atoms with Crippen LogP contribution in [0.15, 0.2) is 47.3 Å². The molecule has 2 heterocycles. The number of nitrogens with zero attached hydrogens (tertiary/aromatic N) is 2. The molecular formula is C20H18Cl2N4O2. The number of aromatic nitrogens is 2. The van der Waals surface area contributed by atoms with Gasteiger partial charge in [-0.2, -0.15) is 0 Å². The molecular weight excluding hydrogens is 399 g/mol. The van der Waals surface area contributed by atoms with E-state index in [9.17, 15) is 9.59 Å². The predicted octanol–water partition coefficient (Wildman–Crippen LogP) is 3.83. The fourth-order valence-electron chi connectivity index (χ4n) is 3.52. The number of halogens is 2. The van der Waals surface area contributed by atoms with Gasteiger partial charge in [0.25, 0.3) is 5.56 Å². The van der Waals surface area contributed by atoms with Gasteiger partial charge in [-0.15, -0.1) is 0 Å². The molecule has 1 atom stereocenters. The van der Waals surface area contributed by atoms with Gasteiger partial charge < -0.3 is 10.3 Å². The maximum atomic E-state index is 12.8. The molecule has 0 saturated carbocycles. The zero-order valence-electron chi connectivity index (χ0n) is 14.9. The van der Waals surface area contributed by atoms with Crippen molar-refractivity contribution < 1.29 is 4.79 Å². The van der Waals surface area contributed by atoms with E-state index in [-0.39, 0.29) is 17.5 Å². The molecule has 4 rings (SSSR count). The average Bonchev–Trinajstić information content (AvgIpc) is 3.12. The summed E-state index contributed by atoms with van der Waals surface area (Å²) >= 11 is 12.1. The van der Waals surface area contributed by atoms with E-state index < -0.39 is 0 Å². The minimum atomic E-state index is -0.316. The Kier molecular flexibility index (Phi) is 5.35. The first-order chi connectivity index (χ1) is 13.5. The summed E-state index contributed by atoms with van der Waals surface area (Å²) in [6.45, 7) is 1.15. The quantitative estimate of drug-likeness (QED) is 0.677. The van der Waals surface area contributed by atoms with Crippen LogP contribution in [0.5, 0.6) is 0 Å². The molecule has 144 valence electrons. The van der Waals surface area contributed by atoms with Crippen molar-refractivity contribution in [2.45, 2.75) is 25.4 Å². The average molecular weight is 417 g/mol. The Morgan fingerprint density at radius 1 is 1.25 bits per heavy atom. The molecule has 2 aromatic carbocycles. The van der Waals surface area contributed by atoms with Crippen LogP contribution in [0.1, 0.15) is 18.7 Å². The Balaban J connectivity index is 1.52. The summed E-state index contributed by atoms with van der Waals surface area (Å²) in [5, 5.41) is 4.33. The minimum absolute atomic E-state index is 0.134. The second-order valence-electron chi connectivity index (χ2n) is 6.77. The molecule has 1 aliphatic rings. The summed E-state index contributed by atoms with van der Waals surface area (Å²) in [5.74, 6) is 0.415. The van der Waals surface area contributed by atoms with Crippen molar-refractivity contribution in [2.75, 3.05) is 11.9 Å². The van der Waals surface area contributed by atoms with Crippen LogP contribution in [0, 0.1) is 0 Å². The molecule has 3 aromatic rings. The molecule has 1 fully saturated rings. The summed E-state index contributed by atoms with van der Waals surface area (Å²) < 4.78 is 0. The van der Waals surface area contributed by atoms with Gasteiger partial charge in [0.1, 0.15) is 5.82 Å². The van der Waals surface area contributed by atoms with E-state index in [1.807, 2.05) is 23.1 Å². The van der Waals surface area contributed by atoms with E-state index in [4.69, 9.17) is 23.2 Å². The van der Waals surface area contributed by atoms with Crippen molar-refractivity contribution >= 4 is 45.7 Å². The predicted molar refractivity (Wildman–Crippen MR) is 111 cm³/mol. The van der Waals surface area contributed by atoms with Gasteiger partial charge in [-0.25, -0.2) is 4.98 Å². The van der Waals surface area contributed by atoms with Gasteiger partial charge in [0, 0.05) is 5.02 Å². The molecule has 0 radical (unpaired) electrons. The third-order valence-electron chi connectivity index (χ3n) is 4.87. The third-order valence-corrected chi connectivity index (χ3v) is 5.42. The standard InChI is InChI=1S/C20H18Cl2N4O2/c21-12-7-8-16(14(22)10-12)24-20(28)17-6-3-9-26(17)11-18-23-15-5-2-1-4-13(15)19(27)25-18/h1-2,4-5,7-8,10,17H,3,6,9,11H2,(H,24,28)(H,23,25,27). The molecule has 28 heavy (non-hydrogen) atoms. The van der Waals surface area contributed by atoms with Crippen molar-refractivity contribution in [1.82, 2.24) is 14.9 Å². The molecule has 1 unspecified atom stereocenters. The smallest absolute Gasteiger partial charge is 0.258 e. The first-order valence-electron chi connectivity index (χ1n) is 8.99. The molecule has 0 spiro atoms. The summed E-state index contributed by atoms with van der Waals surface area (Å²) in [4.78, 5) is 34.5. The number of likely N-dealkylation sites (tertiary alicyclic amines) is 1. The third kappa shape index (κ3) is 3.90. The zero-order valence-corrected chi connectivity index (χ0v) is 16.4. The van der Waals surface area contributed by atoms with Crippen molar-refractivity contribution in [2.24, 2.45) is 0 Å². The number of para-hydroxylation sites is 1. The lowest BCUT2D eigenvalue weighted by molar-refractivity contribution is -0.120. The Hall–Kier alpha value is -2.41. The number of carbonyl (C=O) groups excluding carboxylic acids is 1. The van der Waals surface area contributed by atoms with E-state index in [1.54, 1.807) is 24.3 Å². The second-order valence-corrected chi connectivity index (χ2v) is 7.62. The van der Waals surface area contributed by atoms with Gasteiger partial charge in [0.2, 0.25) is 5.91 Å². The van der Waals surface area contributed by atoms with Crippen molar-refractivity contribution in [3.8, 4) is 0 Å². The van der Waals surface area contributed by atoms with Gasteiger partial charge in [0.15, 0.2) is 0 Å². The van der Waals surface area contributed by atoms with Crippen molar-refractivity contribution in [3.05, 3.63) is 68.7 Å². The van der Waals surface area contributed by atoms with Gasteiger partial charge in [0.05, 0.1) is 34.2 Å². The van der Waals surface area contributed by atoms with E-state index in [1.165, 1.54) is 0 Å². The van der Waals surface area contributed by atoms with Crippen LogP contribution >= 0.6 is 23.2 Å². The topological polar surface area (TPSA) is 78.1 Å². The molecule has 1 aromatic heterocycles. The van der Waals surface area contributed by atoms with Crippen LogP contribution in [-0.2, 0) is 11.3 Å². The maximum Gasteiger partial charge on any atom is 0.258 e. The number of amides is 1. The van der Waals surface area contributed by atoms with Crippen LogP contribution < -0.4 is 10.9 Å². The number of benzene rings is 2. The molecule has 0 bridgehead atoms. The first kappa shape index (κ1) is 18.9. The van der Waals surface area contributed by atoms with Crippen LogP contribution in [0.2, 0.25) is 10.0 Å². The summed E-state index contributed by atoms with van der Waals surface area (Å²) in [6.07, 6.45) is 1.62. The highest BCUT2D eigenvalue weighted by Crippen LogP contribution is 2.27. The molecule has 6 nitrogen and oxygen atoms in total. The Morgan fingerprint density at radius 3 is 2.89 bits per heavy atom. The van der Waals surface area contributed by atoms with E-state index in [2.05, 4.69) is 15.3 Å². The van der Waals surface area contributed by atoms with Crippen LogP contribution in [0.25, 0.3) is 10.9 Å². The summed E-state index contributed by atoms with van der Waals surface area (Å²) in [5.41, 5.74) is 1.00. The van der Waals surface area contributed by atoms with Gasteiger partial charge in [-0.1, -0.05) is 35.3 Å². The highest BCUT2D eigenvalue weighted by molar-refractivity contribution is 6.36. The van der Waals surface area contributed by atoms with Gasteiger partial charge >= 0.3 is 0 Å². The second kappa shape index (κ2) is 7.91. The number of hydrogen-bond acceptors (Lipinski definition) is 4. The first-order valence-corrected chi connectivity index (χ1v) is 9.75. The van der Waals surface area contributed by atoms with E-state index in [0.29, 0.717) is 39.0 Å². The van der Waals surface area contributed by atoms with Gasteiger partial charge in [-0.05, 0) is 49.7 Å². The highest BCUT2D eigenvalue weighted by atomic mass is 35.5. The van der Waals surface area contributed by atoms with Crippen LogP contribution in [0.3, 0.4) is 0 Å². The fraction of sp³-hybridized carbons (Fsp3) is 0.250. The number of fused-ring (bicyclic) bond motifs is 1. The maximum absolute atomic E-state index is 12.8. The molecule has 0 aliphatic carbocycles. The number of rotatable bonds is 4. The lowest BCUT2D eigenvalue weighted by Crippen LogP contribution is -2.39. The number of anilines is 1. The van der Waals surface area contributed by atoms with E-state index >= 15 is 0 Å². The monoisotopic (exact) mass is 416 g/mol. The lowest BCUT2D eigenvalue weighted by atomic mass is 10.2. The Morgan fingerprint density at radius 2 is 2.07 bits per heavy atom. The molecule has 8 heteroatoms. The summed E-state index contributed by atoms with van der Waals surface area (Å²) in [6, 6.07) is 11.8. The number of carbonyl (C=O) groups is 1. The molecule has 1 amide bonds. The number of nitrogens with one attached hydrogen (secondary N) is 2. The number of hydrogen-bond donors (Lipinski definition) is 2. The van der Waals surface area contributed by atoms with Crippen molar-refractivity contribution in [3.63, 3.8) is 0 Å². The Labute approximate surface area is 171 Å². The fourth-order valence-corrected chi connectivity index (χ4v) is 3.98. The number of H-pyrrole nitrogens is 1. The molecule has 1 saturated heterocycles. The van der Waals surface area contributed by atoms with E-state index in [0.717, 1.165) is 19.4 Å². The minimum Gasteiger partial charge on any atom is -0.323 e. The largest absolute Gasteiger partial charge is 0.323 e. The highest BCUT2D eigenvalue weighted by Gasteiger charge is 2.31. The molecule has 2 N–H and O–H groups in total. The Bertz CT molecular complexity index is 1100. The van der Waals surface area contributed by atoms with Crippen LogP contribution in [-0.4, -0.2) is 33.4 Å². The normalized spacial score (nSPS) is 17.1. The molecule has 1 aliphatic heterocycles. The van der Waals surface area contributed by atoms with Crippen molar-refractivity contribution in [1.29, 1.82) is 0 Å². The SMILES string of the molecule is O=C(Nc1ccc(Cl)cc1Cl)C1CCCN1Cc1nc2ccccc2c(=O)[nH]1. The number of aromatic amines is 1.